The summed E-state index contributed by atoms with van der Waals surface area (Å²) in [7, 11) is 0. The minimum atomic E-state index is -0.478. The summed E-state index contributed by atoms with van der Waals surface area (Å²) in [5.41, 5.74) is 0. The van der Waals surface area contributed by atoms with Crippen LogP contribution in [-0.2, 0) is 19.0 Å². The van der Waals surface area contributed by atoms with E-state index in [9.17, 15) is 4.79 Å². The molecule has 3 atom stereocenters. The molecule has 16 heavy (non-hydrogen) atoms. The number of ether oxygens (including phenoxy) is 3. The molecular formula is C11H13NO4. The third-order valence-corrected chi connectivity index (χ3v) is 2.79. The maximum Gasteiger partial charge on any atom is 0.313 e. The lowest BCUT2D eigenvalue weighted by molar-refractivity contribution is -0.158. The van der Waals surface area contributed by atoms with E-state index in [2.05, 4.69) is 0 Å². The first-order chi connectivity index (χ1) is 7.76. The second-order valence-corrected chi connectivity index (χ2v) is 3.73. The fraction of sp³-hybridized carbons (Fsp3) is 0.636. The SMILES string of the molecule is CCOC(=O)[C@@H]1C=C(C#N)O[C@@H]2OCC[C@@H]21. The maximum atomic E-state index is 11.7. The quantitative estimate of drug-likeness (QED) is 0.652. The van der Waals surface area contributed by atoms with E-state index in [0.717, 1.165) is 6.42 Å². The predicted octanol–water partition coefficient (Wildman–Crippen LogP) is 0.966. The second kappa shape index (κ2) is 4.54. The van der Waals surface area contributed by atoms with Crippen LogP contribution in [-0.4, -0.2) is 25.5 Å². The van der Waals surface area contributed by atoms with E-state index in [1.807, 2.05) is 6.07 Å². The van der Waals surface area contributed by atoms with Gasteiger partial charge in [0, 0.05) is 5.92 Å². The molecule has 0 radical (unpaired) electrons. The summed E-state index contributed by atoms with van der Waals surface area (Å²) >= 11 is 0. The van der Waals surface area contributed by atoms with Crippen LogP contribution in [0, 0.1) is 23.2 Å². The fourth-order valence-electron chi connectivity index (χ4n) is 2.05. The van der Waals surface area contributed by atoms with Crippen LogP contribution in [0.3, 0.4) is 0 Å². The molecule has 5 heteroatoms. The monoisotopic (exact) mass is 223 g/mol. The zero-order chi connectivity index (χ0) is 11.5. The van der Waals surface area contributed by atoms with E-state index in [0.29, 0.717) is 13.2 Å². The van der Waals surface area contributed by atoms with Crippen LogP contribution in [0.5, 0.6) is 0 Å². The largest absolute Gasteiger partial charge is 0.466 e. The number of nitriles is 1. The highest BCUT2D eigenvalue weighted by molar-refractivity contribution is 5.75. The van der Waals surface area contributed by atoms with Gasteiger partial charge >= 0.3 is 5.97 Å². The lowest BCUT2D eigenvalue weighted by Crippen LogP contribution is -2.35. The first kappa shape index (κ1) is 11.0. The summed E-state index contributed by atoms with van der Waals surface area (Å²) in [5, 5.41) is 8.79. The number of carbonyl (C=O) groups excluding carboxylic acids is 1. The number of hydrogen-bond donors (Lipinski definition) is 0. The molecule has 0 saturated carbocycles. The molecule has 0 spiro atoms. The molecule has 2 rings (SSSR count). The van der Waals surface area contributed by atoms with Crippen molar-refractivity contribution >= 4 is 5.97 Å². The molecule has 2 heterocycles. The van der Waals surface area contributed by atoms with Crippen LogP contribution in [0.25, 0.3) is 0 Å². The van der Waals surface area contributed by atoms with E-state index in [4.69, 9.17) is 19.5 Å². The molecule has 86 valence electrons. The lowest BCUT2D eigenvalue weighted by atomic mass is 9.88. The third kappa shape index (κ3) is 1.89. The normalized spacial score (nSPS) is 32.0. The molecule has 1 fully saturated rings. The number of rotatable bonds is 2. The Morgan fingerprint density at radius 3 is 3.25 bits per heavy atom. The zero-order valence-electron chi connectivity index (χ0n) is 9.01. The van der Waals surface area contributed by atoms with Crippen molar-refractivity contribution in [1.82, 2.24) is 0 Å². The summed E-state index contributed by atoms with van der Waals surface area (Å²) in [6.07, 6.45) is 1.81. The highest BCUT2D eigenvalue weighted by atomic mass is 16.7. The number of carbonyl (C=O) groups is 1. The standard InChI is InChI=1S/C11H13NO4/c1-2-14-10(13)9-5-7(6-12)16-11-8(9)3-4-15-11/h5,8-9,11H,2-4H2,1H3/t8-,9-,11+/m1/s1. The van der Waals surface area contributed by atoms with Gasteiger partial charge in [-0.1, -0.05) is 0 Å². The Kier molecular flexibility index (Phi) is 3.11. The fourth-order valence-corrected chi connectivity index (χ4v) is 2.05. The average molecular weight is 223 g/mol. The molecule has 1 saturated heterocycles. The van der Waals surface area contributed by atoms with Crippen molar-refractivity contribution in [3.63, 3.8) is 0 Å². The molecule has 0 aliphatic carbocycles. The van der Waals surface area contributed by atoms with Crippen LogP contribution in [0.4, 0.5) is 0 Å². The van der Waals surface area contributed by atoms with Crippen LogP contribution >= 0.6 is 0 Å². The Bertz CT molecular complexity index is 357. The van der Waals surface area contributed by atoms with Gasteiger partial charge in [-0.15, -0.1) is 0 Å². The van der Waals surface area contributed by atoms with Gasteiger partial charge in [-0.2, -0.15) is 5.26 Å². The van der Waals surface area contributed by atoms with Crippen LogP contribution in [0.1, 0.15) is 13.3 Å². The van der Waals surface area contributed by atoms with Gasteiger partial charge < -0.3 is 14.2 Å². The summed E-state index contributed by atoms with van der Waals surface area (Å²) in [6.45, 7) is 2.65. The summed E-state index contributed by atoms with van der Waals surface area (Å²) in [4.78, 5) is 11.7. The van der Waals surface area contributed by atoms with Crippen molar-refractivity contribution in [2.45, 2.75) is 19.6 Å². The highest BCUT2D eigenvalue weighted by Crippen LogP contribution is 2.36. The van der Waals surface area contributed by atoms with Gasteiger partial charge in [0.2, 0.25) is 6.29 Å². The molecule has 0 N–H and O–H groups in total. The number of nitrogens with zero attached hydrogens (tertiary/aromatic N) is 1. The van der Waals surface area contributed by atoms with Crippen molar-refractivity contribution < 1.29 is 19.0 Å². The Balaban J connectivity index is 2.19. The first-order valence-corrected chi connectivity index (χ1v) is 5.33. The summed E-state index contributed by atoms with van der Waals surface area (Å²) < 4.78 is 15.6. The summed E-state index contributed by atoms with van der Waals surface area (Å²) in [5.74, 6) is -0.618. The van der Waals surface area contributed by atoms with E-state index >= 15 is 0 Å². The molecule has 2 aliphatic heterocycles. The number of allylic oxidation sites excluding steroid dienone is 1. The Hall–Kier alpha value is -1.54. The predicted molar refractivity (Wildman–Crippen MR) is 52.8 cm³/mol. The van der Waals surface area contributed by atoms with Gasteiger partial charge in [0.1, 0.15) is 6.07 Å². The van der Waals surface area contributed by atoms with Crippen molar-refractivity contribution in [2.75, 3.05) is 13.2 Å². The van der Waals surface area contributed by atoms with E-state index < -0.39 is 12.2 Å². The van der Waals surface area contributed by atoms with Gasteiger partial charge in [0.25, 0.3) is 0 Å². The lowest BCUT2D eigenvalue weighted by Gasteiger charge is -2.28. The topological polar surface area (TPSA) is 68.6 Å². The van der Waals surface area contributed by atoms with Gasteiger partial charge in [-0.25, -0.2) is 0 Å². The van der Waals surface area contributed by atoms with Crippen molar-refractivity contribution in [2.24, 2.45) is 11.8 Å². The van der Waals surface area contributed by atoms with Crippen LogP contribution in [0.15, 0.2) is 11.8 Å². The number of hydrogen-bond acceptors (Lipinski definition) is 5. The Morgan fingerprint density at radius 1 is 1.75 bits per heavy atom. The second-order valence-electron chi connectivity index (χ2n) is 3.73. The van der Waals surface area contributed by atoms with E-state index in [1.54, 1.807) is 6.92 Å². The first-order valence-electron chi connectivity index (χ1n) is 5.33. The molecule has 0 bridgehead atoms. The third-order valence-electron chi connectivity index (χ3n) is 2.79. The molecule has 0 unspecified atom stereocenters. The van der Waals surface area contributed by atoms with Crippen molar-refractivity contribution in [3.05, 3.63) is 11.8 Å². The van der Waals surface area contributed by atoms with E-state index in [-0.39, 0.29) is 17.6 Å². The van der Waals surface area contributed by atoms with E-state index in [1.165, 1.54) is 6.08 Å². The maximum absolute atomic E-state index is 11.7. The molecule has 5 nitrogen and oxygen atoms in total. The Morgan fingerprint density at radius 2 is 2.56 bits per heavy atom. The van der Waals surface area contributed by atoms with Gasteiger partial charge in [-0.05, 0) is 19.4 Å². The molecule has 0 aromatic rings. The van der Waals surface area contributed by atoms with Crippen molar-refractivity contribution in [1.29, 1.82) is 5.26 Å². The van der Waals surface area contributed by atoms with Crippen LogP contribution in [0.2, 0.25) is 0 Å². The molecule has 2 aliphatic rings. The molecular weight excluding hydrogens is 210 g/mol. The zero-order valence-corrected chi connectivity index (χ0v) is 9.01. The molecule has 0 aromatic heterocycles. The van der Waals surface area contributed by atoms with Gasteiger partial charge in [0.15, 0.2) is 5.76 Å². The smallest absolute Gasteiger partial charge is 0.313 e. The summed E-state index contributed by atoms with van der Waals surface area (Å²) in [6, 6.07) is 1.89. The minimum Gasteiger partial charge on any atom is -0.466 e. The van der Waals surface area contributed by atoms with Crippen LogP contribution < -0.4 is 0 Å². The Labute approximate surface area is 93.6 Å². The highest BCUT2D eigenvalue weighted by Gasteiger charge is 2.43. The minimum absolute atomic E-state index is 0.0313. The van der Waals surface area contributed by atoms with Gasteiger partial charge in [0.05, 0.1) is 19.1 Å². The molecule has 0 amide bonds. The van der Waals surface area contributed by atoms with Gasteiger partial charge in [-0.3, -0.25) is 4.79 Å². The number of esters is 1. The average Bonchev–Trinajstić information content (AvgIpc) is 2.75. The number of fused-ring (bicyclic) bond motifs is 1. The van der Waals surface area contributed by atoms with Crippen molar-refractivity contribution in [3.8, 4) is 6.07 Å². The molecule has 0 aromatic carbocycles.